The summed E-state index contributed by atoms with van der Waals surface area (Å²) in [6.45, 7) is 8.42. The SMILES string of the molecule is C[C@@H]1CO[C@@H]2COc3cc(Cl)ccc3[C@@H]2N1C(=O)OC(C)(C)C. The van der Waals surface area contributed by atoms with E-state index in [4.69, 9.17) is 25.8 Å². The highest BCUT2D eigenvalue weighted by Gasteiger charge is 2.45. The van der Waals surface area contributed by atoms with Crippen LogP contribution in [0.25, 0.3) is 0 Å². The first-order valence-corrected chi connectivity index (χ1v) is 8.19. The average Bonchev–Trinajstić information content (AvgIpc) is 2.44. The summed E-state index contributed by atoms with van der Waals surface area (Å²) >= 11 is 6.05. The molecule has 0 spiro atoms. The number of rotatable bonds is 0. The summed E-state index contributed by atoms with van der Waals surface area (Å²) in [5.74, 6) is 0.699. The van der Waals surface area contributed by atoms with E-state index in [1.807, 2.05) is 33.8 Å². The highest BCUT2D eigenvalue weighted by Crippen LogP contribution is 2.42. The Morgan fingerprint density at radius 2 is 2.09 bits per heavy atom. The molecule has 126 valence electrons. The zero-order valence-electron chi connectivity index (χ0n) is 13.8. The summed E-state index contributed by atoms with van der Waals surface area (Å²) in [6, 6.07) is 5.17. The minimum Gasteiger partial charge on any atom is -0.490 e. The van der Waals surface area contributed by atoms with Gasteiger partial charge in [-0.05, 0) is 39.8 Å². The Bertz CT molecular complexity index is 613. The Kier molecular flexibility index (Phi) is 4.19. The van der Waals surface area contributed by atoms with Crippen LogP contribution in [0.15, 0.2) is 18.2 Å². The fraction of sp³-hybridized carbons (Fsp3) is 0.588. The molecule has 0 N–H and O–H groups in total. The Morgan fingerprint density at radius 1 is 1.35 bits per heavy atom. The zero-order chi connectivity index (χ0) is 16.8. The fourth-order valence-electron chi connectivity index (χ4n) is 3.03. The number of carbonyl (C=O) groups excluding carboxylic acids is 1. The maximum Gasteiger partial charge on any atom is 0.411 e. The number of hydrogen-bond donors (Lipinski definition) is 0. The molecule has 5 nitrogen and oxygen atoms in total. The van der Waals surface area contributed by atoms with Crippen LogP contribution in [-0.2, 0) is 9.47 Å². The monoisotopic (exact) mass is 339 g/mol. The van der Waals surface area contributed by atoms with E-state index in [-0.39, 0.29) is 24.3 Å². The van der Waals surface area contributed by atoms with Crippen molar-refractivity contribution < 1.29 is 19.0 Å². The summed E-state index contributed by atoms with van der Waals surface area (Å²) in [6.07, 6.45) is -0.529. The van der Waals surface area contributed by atoms with Gasteiger partial charge in [0.15, 0.2) is 0 Å². The fourth-order valence-corrected chi connectivity index (χ4v) is 3.20. The number of fused-ring (bicyclic) bond motifs is 3. The van der Waals surface area contributed by atoms with Gasteiger partial charge in [0.1, 0.15) is 24.1 Å². The summed E-state index contributed by atoms with van der Waals surface area (Å²) in [7, 11) is 0. The summed E-state index contributed by atoms with van der Waals surface area (Å²) < 4.78 is 17.2. The Labute approximate surface area is 141 Å². The molecule has 1 aromatic carbocycles. The highest BCUT2D eigenvalue weighted by atomic mass is 35.5. The molecule has 1 saturated heterocycles. The van der Waals surface area contributed by atoms with E-state index in [0.29, 0.717) is 24.0 Å². The van der Waals surface area contributed by atoms with Gasteiger partial charge in [-0.1, -0.05) is 17.7 Å². The van der Waals surface area contributed by atoms with Crippen LogP contribution in [0.2, 0.25) is 5.02 Å². The smallest absolute Gasteiger partial charge is 0.411 e. The van der Waals surface area contributed by atoms with Crippen LogP contribution in [0.1, 0.15) is 39.3 Å². The average molecular weight is 340 g/mol. The standard InChI is InChI=1S/C17H22ClNO4/c1-10-8-21-14-9-22-13-7-11(18)5-6-12(13)15(14)19(10)16(20)23-17(2,3)4/h5-7,10,14-15H,8-9H2,1-4H3/t10-,14-,15+/m1/s1. The second kappa shape index (κ2) is 5.87. The topological polar surface area (TPSA) is 48.0 Å². The van der Waals surface area contributed by atoms with E-state index in [1.54, 1.807) is 17.0 Å². The second-order valence-electron chi connectivity index (χ2n) is 7.05. The van der Waals surface area contributed by atoms with Crippen molar-refractivity contribution >= 4 is 17.7 Å². The molecule has 2 aliphatic rings. The molecule has 0 unspecified atom stereocenters. The van der Waals surface area contributed by atoms with Crippen LogP contribution in [0.5, 0.6) is 5.75 Å². The number of halogens is 1. The van der Waals surface area contributed by atoms with Gasteiger partial charge in [-0.15, -0.1) is 0 Å². The minimum atomic E-state index is -0.543. The molecular weight excluding hydrogens is 318 g/mol. The number of carbonyl (C=O) groups is 1. The first kappa shape index (κ1) is 16.4. The maximum atomic E-state index is 12.7. The lowest BCUT2D eigenvalue weighted by Gasteiger charge is -2.47. The third-order valence-corrected chi connectivity index (χ3v) is 4.21. The first-order valence-electron chi connectivity index (χ1n) is 7.81. The third kappa shape index (κ3) is 3.26. The van der Waals surface area contributed by atoms with E-state index < -0.39 is 5.60 Å². The zero-order valence-corrected chi connectivity index (χ0v) is 14.6. The molecular formula is C17H22ClNO4. The van der Waals surface area contributed by atoms with Gasteiger partial charge in [0.25, 0.3) is 0 Å². The van der Waals surface area contributed by atoms with Crippen LogP contribution in [0, 0.1) is 0 Å². The number of hydrogen-bond acceptors (Lipinski definition) is 4. The Balaban J connectivity index is 1.97. The van der Waals surface area contributed by atoms with Crippen LogP contribution in [-0.4, -0.2) is 42.0 Å². The quantitative estimate of drug-likeness (QED) is 0.721. The van der Waals surface area contributed by atoms with Gasteiger partial charge in [-0.2, -0.15) is 0 Å². The largest absolute Gasteiger partial charge is 0.490 e. The van der Waals surface area contributed by atoms with Crippen molar-refractivity contribution in [3.05, 3.63) is 28.8 Å². The molecule has 0 saturated carbocycles. The number of amides is 1. The van der Waals surface area contributed by atoms with E-state index >= 15 is 0 Å². The van der Waals surface area contributed by atoms with E-state index in [9.17, 15) is 4.79 Å². The first-order chi connectivity index (χ1) is 10.8. The summed E-state index contributed by atoms with van der Waals surface area (Å²) in [5.41, 5.74) is 0.363. The normalized spacial score (nSPS) is 26.8. The van der Waals surface area contributed by atoms with Crippen molar-refractivity contribution in [2.24, 2.45) is 0 Å². The van der Waals surface area contributed by atoms with Gasteiger partial charge in [-0.25, -0.2) is 4.79 Å². The Hall–Kier alpha value is -1.46. The summed E-state index contributed by atoms with van der Waals surface area (Å²) in [4.78, 5) is 14.5. The van der Waals surface area contributed by atoms with Crippen molar-refractivity contribution in [2.45, 2.75) is 51.5 Å². The molecule has 3 rings (SSSR count). The number of nitrogens with zero attached hydrogens (tertiary/aromatic N) is 1. The lowest BCUT2D eigenvalue weighted by atomic mass is 9.94. The number of ether oxygens (including phenoxy) is 3. The predicted molar refractivity (Wildman–Crippen MR) is 87.0 cm³/mol. The molecule has 3 atom stereocenters. The lowest BCUT2D eigenvalue weighted by Crippen LogP contribution is -2.56. The minimum absolute atomic E-state index is 0.0762. The van der Waals surface area contributed by atoms with Crippen LogP contribution in [0.4, 0.5) is 4.79 Å². The van der Waals surface area contributed by atoms with Crippen molar-refractivity contribution in [3.63, 3.8) is 0 Å². The molecule has 0 aromatic heterocycles. The molecule has 1 fully saturated rings. The lowest BCUT2D eigenvalue weighted by molar-refractivity contribution is -0.120. The summed E-state index contributed by atoms with van der Waals surface area (Å²) in [5, 5.41) is 0.607. The molecule has 23 heavy (non-hydrogen) atoms. The second-order valence-corrected chi connectivity index (χ2v) is 7.48. The van der Waals surface area contributed by atoms with Crippen LogP contribution < -0.4 is 4.74 Å². The molecule has 0 bridgehead atoms. The molecule has 0 radical (unpaired) electrons. The Morgan fingerprint density at radius 3 is 2.78 bits per heavy atom. The van der Waals surface area contributed by atoms with Gasteiger partial charge in [0.2, 0.25) is 0 Å². The van der Waals surface area contributed by atoms with Gasteiger partial charge in [-0.3, -0.25) is 4.90 Å². The van der Waals surface area contributed by atoms with Gasteiger partial charge in [0, 0.05) is 10.6 Å². The van der Waals surface area contributed by atoms with Crippen molar-refractivity contribution in [1.29, 1.82) is 0 Å². The van der Waals surface area contributed by atoms with Gasteiger partial charge < -0.3 is 14.2 Å². The molecule has 1 amide bonds. The van der Waals surface area contributed by atoms with Crippen molar-refractivity contribution in [3.8, 4) is 5.75 Å². The molecule has 2 heterocycles. The number of benzene rings is 1. The highest BCUT2D eigenvalue weighted by molar-refractivity contribution is 6.30. The predicted octanol–water partition coefficient (Wildman–Crippen LogP) is 3.80. The van der Waals surface area contributed by atoms with Crippen LogP contribution >= 0.6 is 11.6 Å². The molecule has 6 heteroatoms. The molecule has 0 aliphatic carbocycles. The van der Waals surface area contributed by atoms with E-state index in [2.05, 4.69) is 0 Å². The number of morpholine rings is 1. The van der Waals surface area contributed by atoms with E-state index in [1.165, 1.54) is 0 Å². The van der Waals surface area contributed by atoms with E-state index in [0.717, 1.165) is 5.56 Å². The third-order valence-electron chi connectivity index (χ3n) is 3.98. The van der Waals surface area contributed by atoms with Crippen molar-refractivity contribution in [2.75, 3.05) is 13.2 Å². The van der Waals surface area contributed by atoms with Gasteiger partial charge >= 0.3 is 6.09 Å². The maximum absolute atomic E-state index is 12.7. The molecule has 2 aliphatic heterocycles. The van der Waals surface area contributed by atoms with Crippen molar-refractivity contribution in [1.82, 2.24) is 4.90 Å². The van der Waals surface area contributed by atoms with Crippen LogP contribution in [0.3, 0.4) is 0 Å². The molecule has 1 aromatic rings. The van der Waals surface area contributed by atoms with Gasteiger partial charge in [0.05, 0.1) is 18.7 Å².